The van der Waals surface area contributed by atoms with Crippen LogP contribution in [0.3, 0.4) is 0 Å². The summed E-state index contributed by atoms with van der Waals surface area (Å²) in [7, 11) is 7.58. The Labute approximate surface area is 212 Å². The van der Waals surface area contributed by atoms with E-state index in [1.54, 1.807) is 24.8 Å². The first-order valence-electron chi connectivity index (χ1n) is 12.6. The molecule has 10 nitrogen and oxygen atoms in total. The molecule has 0 bridgehead atoms. The maximum absolute atomic E-state index is 11.6. The van der Waals surface area contributed by atoms with Crippen molar-refractivity contribution >= 4 is 0 Å². The summed E-state index contributed by atoms with van der Waals surface area (Å²) in [5.41, 5.74) is -2.45. The molecule has 0 aliphatic carbocycles. The van der Waals surface area contributed by atoms with Crippen LogP contribution in [0.1, 0.15) is 74.7 Å². The van der Waals surface area contributed by atoms with E-state index in [1.165, 1.54) is 0 Å². The van der Waals surface area contributed by atoms with Gasteiger partial charge >= 0.3 is 0 Å². The zero-order valence-electron chi connectivity index (χ0n) is 21.7. The molecule has 0 atom stereocenters. The molecule has 36 heavy (non-hydrogen) atoms. The third-order valence-electron chi connectivity index (χ3n) is 7.09. The minimum Gasteiger partial charge on any atom is -0.374 e. The van der Waals surface area contributed by atoms with Crippen molar-refractivity contribution < 1.29 is 10.2 Å². The Balaban J connectivity index is 1.28. The molecule has 0 saturated carbocycles. The number of imidazole rings is 4. The molecular weight excluding hydrogens is 456 g/mol. The fourth-order valence-corrected chi connectivity index (χ4v) is 5.17. The molecule has 4 aromatic heterocycles. The lowest BCUT2D eigenvalue weighted by molar-refractivity contribution is 0.0427. The van der Waals surface area contributed by atoms with Crippen LogP contribution in [-0.2, 0) is 39.4 Å². The summed E-state index contributed by atoms with van der Waals surface area (Å²) in [6, 6.07) is 0. The molecule has 10 heteroatoms. The molecule has 0 spiro atoms. The number of aliphatic hydroxyl groups is 2. The summed E-state index contributed by atoms with van der Waals surface area (Å²) in [6.07, 6.45) is 21.2. The highest BCUT2D eigenvalue weighted by Crippen LogP contribution is 2.34. The summed E-state index contributed by atoms with van der Waals surface area (Å²) in [4.78, 5) is 17.7. The molecule has 0 aliphatic heterocycles. The lowest BCUT2D eigenvalue weighted by atomic mass is 9.92. The Morgan fingerprint density at radius 2 is 0.750 bits per heavy atom. The Morgan fingerprint density at radius 1 is 0.500 bits per heavy atom. The van der Waals surface area contributed by atoms with Crippen LogP contribution < -0.4 is 0 Å². The normalized spacial score (nSPS) is 12.5. The molecular formula is C26H38N8O2. The van der Waals surface area contributed by atoms with E-state index in [4.69, 9.17) is 0 Å². The van der Waals surface area contributed by atoms with Crippen molar-refractivity contribution in [3.63, 3.8) is 0 Å². The molecule has 194 valence electrons. The first-order chi connectivity index (χ1) is 17.3. The summed E-state index contributed by atoms with van der Waals surface area (Å²) in [5.74, 6) is 2.44. The van der Waals surface area contributed by atoms with Crippen LogP contribution in [0.2, 0.25) is 0 Å². The van der Waals surface area contributed by atoms with Crippen LogP contribution >= 0.6 is 0 Å². The molecule has 4 aromatic rings. The second-order valence-corrected chi connectivity index (χ2v) is 9.79. The molecule has 0 aliphatic rings. The highest BCUT2D eigenvalue weighted by atomic mass is 16.3. The maximum atomic E-state index is 11.6. The predicted octanol–water partition coefficient (Wildman–Crippen LogP) is 2.91. The average Bonchev–Trinajstić information content (AvgIpc) is 3.64. The van der Waals surface area contributed by atoms with Crippen molar-refractivity contribution in [3.05, 3.63) is 72.9 Å². The van der Waals surface area contributed by atoms with Gasteiger partial charge in [0.15, 0.2) is 11.2 Å². The summed E-state index contributed by atoms with van der Waals surface area (Å²) >= 11 is 0. The van der Waals surface area contributed by atoms with Crippen LogP contribution in [0.15, 0.2) is 49.6 Å². The molecule has 0 radical (unpaired) electrons. The molecule has 0 amide bonds. The maximum Gasteiger partial charge on any atom is 0.180 e. The molecule has 2 N–H and O–H groups in total. The quantitative estimate of drug-likeness (QED) is 0.277. The highest BCUT2D eigenvalue weighted by Gasteiger charge is 2.39. The highest BCUT2D eigenvalue weighted by molar-refractivity contribution is 5.20. The van der Waals surface area contributed by atoms with Gasteiger partial charge in [-0.05, 0) is 25.7 Å². The van der Waals surface area contributed by atoms with E-state index < -0.39 is 11.2 Å². The van der Waals surface area contributed by atoms with Gasteiger partial charge < -0.3 is 28.5 Å². The topological polar surface area (TPSA) is 112 Å². The van der Waals surface area contributed by atoms with E-state index >= 15 is 0 Å². The van der Waals surface area contributed by atoms with E-state index in [9.17, 15) is 10.2 Å². The van der Waals surface area contributed by atoms with Gasteiger partial charge in [-0.1, -0.05) is 25.7 Å². The van der Waals surface area contributed by atoms with E-state index in [1.807, 2.05) is 71.2 Å². The van der Waals surface area contributed by atoms with E-state index in [2.05, 4.69) is 19.9 Å². The number of hydrogen-bond acceptors (Lipinski definition) is 6. The molecule has 4 rings (SSSR count). The number of aromatic nitrogens is 8. The third kappa shape index (κ3) is 5.01. The van der Waals surface area contributed by atoms with Crippen LogP contribution in [0.25, 0.3) is 0 Å². The Bertz CT molecular complexity index is 1070. The SMILES string of the molecule is Cn1ccnc1C(O)(CCCCCCCCC(O)(c1nccn1C)c1nccn1C)c1nccn1C. The Morgan fingerprint density at radius 3 is 0.972 bits per heavy atom. The van der Waals surface area contributed by atoms with Gasteiger partial charge in [-0.2, -0.15) is 0 Å². The van der Waals surface area contributed by atoms with Crippen molar-refractivity contribution in [2.24, 2.45) is 28.2 Å². The van der Waals surface area contributed by atoms with E-state index in [-0.39, 0.29) is 0 Å². The fourth-order valence-electron chi connectivity index (χ4n) is 5.17. The molecule has 4 heterocycles. The first-order valence-corrected chi connectivity index (χ1v) is 12.6. The fraction of sp³-hybridized carbons (Fsp3) is 0.538. The Kier molecular flexibility index (Phi) is 7.75. The van der Waals surface area contributed by atoms with Crippen LogP contribution in [-0.4, -0.2) is 48.4 Å². The number of aryl methyl sites for hydroxylation is 4. The van der Waals surface area contributed by atoms with Crippen molar-refractivity contribution in [1.29, 1.82) is 0 Å². The minimum atomic E-state index is -1.23. The van der Waals surface area contributed by atoms with Crippen molar-refractivity contribution in [2.45, 2.75) is 62.6 Å². The predicted molar refractivity (Wildman–Crippen MR) is 136 cm³/mol. The van der Waals surface area contributed by atoms with Gasteiger partial charge in [0.05, 0.1) is 0 Å². The van der Waals surface area contributed by atoms with Crippen molar-refractivity contribution in [1.82, 2.24) is 38.2 Å². The van der Waals surface area contributed by atoms with Crippen LogP contribution in [0.5, 0.6) is 0 Å². The van der Waals surface area contributed by atoms with Gasteiger partial charge in [0, 0.05) is 77.8 Å². The second kappa shape index (κ2) is 10.8. The van der Waals surface area contributed by atoms with Gasteiger partial charge in [0.25, 0.3) is 0 Å². The minimum absolute atomic E-state index is 0.556. The smallest absolute Gasteiger partial charge is 0.180 e. The summed E-state index contributed by atoms with van der Waals surface area (Å²) in [5, 5.41) is 23.3. The van der Waals surface area contributed by atoms with Gasteiger partial charge in [-0.3, -0.25) is 0 Å². The van der Waals surface area contributed by atoms with Gasteiger partial charge in [0.1, 0.15) is 23.3 Å². The van der Waals surface area contributed by atoms with Gasteiger partial charge in [0.2, 0.25) is 0 Å². The zero-order chi connectivity index (χ0) is 25.8. The summed E-state index contributed by atoms with van der Waals surface area (Å²) < 4.78 is 7.44. The molecule has 0 fully saturated rings. The first kappa shape index (κ1) is 25.8. The zero-order valence-corrected chi connectivity index (χ0v) is 21.7. The number of nitrogens with zero attached hydrogens (tertiary/aromatic N) is 8. The number of rotatable bonds is 13. The van der Waals surface area contributed by atoms with Crippen molar-refractivity contribution in [2.75, 3.05) is 0 Å². The van der Waals surface area contributed by atoms with Gasteiger partial charge in [-0.25, -0.2) is 19.9 Å². The lowest BCUT2D eigenvalue weighted by Crippen LogP contribution is -2.34. The van der Waals surface area contributed by atoms with E-state index in [0.717, 1.165) is 38.5 Å². The molecule has 0 saturated heterocycles. The summed E-state index contributed by atoms with van der Waals surface area (Å²) in [6.45, 7) is 0. The Hall–Kier alpha value is -3.24. The van der Waals surface area contributed by atoms with Crippen molar-refractivity contribution in [3.8, 4) is 0 Å². The monoisotopic (exact) mass is 494 g/mol. The van der Waals surface area contributed by atoms with E-state index in [0.29, 0.717) is 36.1 Å². The number of hydrogen-bond donors (Lipinski definition) is 2. The van der Waals surface area contributed by atoms with Gasteiger partial charge in [-0.15, -0.1) is 0 Å². The standard InChI is InChI=1S/C26H38N8O2/c1-31-17-13-27-21(31)25(35,22-28-14-18-32(22)2)11-9-7-5-6-8-10-12-26(36,23-29-15-19-33(23)3)24-30-16-20-34(24)4/h13-20,35-36H,5-12H2,1-4H3. The lowest BCUT2D eigenvalue weighted by Gasteiger charge is -2.27. The second-order valence-electron chi connectivity index (χ2n) is 9.79. The van der Waals surface area contributed by atoms with Crippen LogP contribution in [0, 0.1) is 0 Å². The molecule has 0 aromatic carbocycles. The third-order valence-corrected chi connectivity index (χ3v) is 7.09. The average molecular weight is 495 g/mol. The number of unbranched alkanes of at least 4 members (excludes halogenated alkanes) is 5. The molecule has 0 unspecified atom stereocenters. The van der Waals surface area contributed by atoms with Crippen LogP contribution in [0.4, 0.5) is 0 Å². The largest absolute Gasteiger partial charge is 0.374 e.